The van der Waals surface area contributed by atoms with Crippen LogP contribution in [-0.4, -0.2) is 49.9 Å². The summed E-state index contributed by atoms with van der Waals surface area (Å²) in [6.45, 7) is 0.643. The quantitative estimate of drug-likeness (QED) is 0.699. The Labute approximate surface area is 174 Å². The molecule has 0 spiro atoms. The molecule has 0 aliphatic carbocycles. The molecule has 2 aromatic carbocycles. The van der Waals surface area contributed by atoms with Crippen molar-refractivity contribution in [3.8, 4) is 0 Å². The molecule has 3 saturated heterocycles. The van der Waals surface area contributed by atoms with Crippen LogP contribution in [0.3, 0.4) is 0 Å². The lowest BCUT2D eigenvalue weighted by Crippen LogP contribution is -2.66. The molecule has 5 rings (SSSR count). The first-order valence-corrected chi connectivity index (χ1v) is 10.1. The molecule has 7 nitrogen and oxygen atoms in total. The summed E-state index contributed by atoms with van der Waals surface area (Å²) in [4.78, 5) is 12.2. The van der Waals surface area contributed by atoms with Crippen LogP contribution >= 0.6 is 0 Å². The summed E-state index contributed by atoms with van der Waals surface area (Å²) in [6, 6.07) is 19.5. The molecule has 0 bridgehead atoms. The first-order valence-electron chi connectivity index (χ1n) is 10.1. The second-order valence-corrected chi connectivity index (χ2v) is 7.70. The minimum atomic E-state index is -1.20. The Bertz CT molecular complexity index is 874. The van der Waals surface area contributed by atoms with Crippen molar-refractivity contribution in [3.63, 3.8) is 0 Å². The summed E-state index contributed by atoms with van der Waals surface area (Å²) in [5.74, 6) is -1.58. The molecule has 0 amide bonds. The number of carbonyl (C=O) groups is 1. The van der Waals surface area contributed by atoms with Gasteiger partial charge in [-0.1, -0.05) is 60.7 Å². The van der Waals surface area contributed by atoms with E-state index in [1.807, 2.05) is 60.7 Å². The largest absolute Gasteiger partial charge is 0.454 e. The van der Waals surface area contributed by atoms with Gasteiger partial charge in [0.1, 0.15) is 24.7 Å². The molecule has 2 aromatic rings. The zero-order valence-corrected chi connectivity index (χ0v) is 16.6. The maximum Gasteiger partial charge on any atom is 0.312 e. The topological polar surface area (TPSA) is 72.5 Å². The van der Waals surface area contributed by atoms with Crippen molar-refractivity contribution in [2.45, 2.75) is 49.5 Å². The normalized spacial score (nSPS) is 35.4. The Balaban J connectivity index is 1.43. The molecule has 0 radical (unpaired) electrons. The molecule has 0 saturated carbocycles. The first-order chi connectivity index (χ1) is 14.7. The van der Waals surface area contributed by atoms with Crippen LogP contribution in [0.1, 0.15) is 23.8 Å². The van der Waals surface area contributed by atoms with Crippen molar-refractivity contribution >= 4 is 5.97 Å². The number of methoxy groups -OCH3 is 1. The third-order valence-electron chi connectivity index (χ3n) is 5.82. The lowest BCUT2D eigenvalue weighted by atomic mass is 9.91. The average molecular weight is 412 g/mol. The third-order valence-corrected chi connectivity index (χ3v) is 5.82. The fourth-order valence-corrected chi connectivity index (χ4v) is 4.34. The van der Waals surface area contributed by atoms with E-state index in [2.05, 4.69) is 0 Å². The van der Waals surface area contributed by atoms with Gasteiger partial charge < -0.3 is 28.4 Å². The molecule has 158 valence electrons. The van der Waals surface area contributed by atoms with E-state index < -0.39 is 36.5 Å². The maximum atomic E-state index is 12.2. The molecule has 0 N–H and O–H groups in total. The van der Waals surface area contributed by atoms with E-state index in [1.165, 1.54) is 7.11 Å². The van der Waals surface area contributed by atoms with Crippen LogP contribution in [0, 0.1) is 0 Å². The zero-order valence-electron chi connectivity index (χ0n) is 16.6. The van der Waals surface area contributed by atoms with Crippen LogP contribution in [-0.2, 0) is 39.8 Å². The third kappa shape index (κ3) is 3.53. The van der Waals surface area contributed by atoms with Gasteiger partial charge in [-0.3, -0.25) is 4.79 Å². The number of carbonyl (C=O) groups excluding carboxylic acids is 1. The average Bonchev–Trinajstić information content (AvgIpc) is 3.13. The Kier molecular flexibility index (Phi) is 5.30. The highest BCUT2D eigenvalue weighted by molar-refractivity contribution is 5.73. The number of hydrogen-bond acceptors (Lipinski definition) is 7. The van der Waals surface area contributed by atoms with E-state index in [1.54, 1.807) is 0 Å². The van der Waals surface area contributed by atoms with E-state index in [-0.39, 0.29) is 12.4 Å². The van der Waals surface area contributed by atoms with Crippen molar-refractivity contribution in [3.05, 3.63) is 71.8 Å². The number of rotatable bonds is 5. The minimum absolute atomic E-state index is 0.00466. The van der Waals surface area contributed by atoms with Gasteiger partial charge in [0.2, 0.25) is 5.79 Å². The van der Waals surface area contributed by atoms with Gasteiger partial charge in [0.05, 0.1) is 13.2 Å². The number of esters is 1. The standard InChI is InChI=1S/C23H24O7/c1-25-23-12-18(24)28-21(23)20(26-13-15-8-4-2-5-9-15)19-17(30-23)14-27-22(29-19)16-10-6-3-7-11-16/h2-11,17,19-22H,12-14H2,1H3/t17-,19-,20+,21+,22-,23+/m1/s1. The SMILES string of the molecule is CO[C@]12CC(=O)O[C@H]1[C@@H](OCc1ccccc1)[C@@H]1O[C@H](c3ccccc3)OC[C@H]1O2. The summed E-state index contributed by atoms with van der Waals surface area (Å²) in [5, 5.41) is 0. The van der Waals surface area contributed by atoms with Crippen molar-refractivity contribution in [1.29, 1.82) is 0 Å². The van der Waals surface area contributed by atoms with Gasteiger partial charge in [0.25, 0.3) is 0 Å². The summed E-state index contributed by atoms with van der Waals surface area (Å²) < 4.78 is 36.0. The fourth-order valence-electron chi connectivity index (χ4n) is 4.34. The van der Waals surface area contributed by atoms with Gasteiger partial charge in [-0.2, -0.15) is 0 Å². The molecular formula is C23H24O7. The highest BCUT2D eigenvalue weighted by atomic mass is 16.8. The number of hydrogen-bond donors (Lipinski definition) is 0. The van der Waals surface area contributed by atoms with Crippen molar-refractivity contribution in [2.75, 3.05) is 13.7 Å². The Morgan fingerprint density at radius 2 is 1.80 bits per heavy atom. The van der Waals surface area contributed by atoms with E-state index in [9.17, 15) is 4.79 Å². The molecule has 3 fully saturated rings. The predicted octanol–water partition coefficient (Wildman–Crippen LogP) is 2.74. The second-order valence-electron chi connectivity index (χ2n) is 7.70. The van der Waals surface area contributed by atoms with Crippen LogP contribution in [0.25, 0.3) is 0 Å². The Morgan fingerprint density at radius 1 is 1.07 bits per heavy atom. The molecule has 3 heterocycles. The van der Waals surface area contributed by atoms with Gasteiger partial charge >= 0.3 is 5.97 Å². The van der Waals surface area contributed by atoms with E-state index in [0.717, 1.165) is 11.1 Å². The molecule has 6 atom stereocenters. The van der Waals surface area contributed by atoms with Gasteiger partial charge in [-0.25, -0.2) is 0 Å². The first kappa shape index (κ1) is 19.7. The van der Waals surface area contributed by atoms with Gasteiger partial charge in [0, 0.05) is 12.7 Å². The summed E-state index contributed by atoms with van der Waals surface area (Å²) >= 11 is 0. The zero-order chi connectivity index (χ0) is 20.6. The van der Waals surface area contributed by atoms with E-state index >= 15 is 0 Å². The molecule has 0 aromatic heterocycles. The minimum Gasteiger partial charge on any atom is -0.454 e. The summed E-state index contributed by atoms with van der Waals surface area (Å²) in [6.07, 6.45) is -2.76. The Hall–Kier alpha value is -2.29. The summed E-state index contributed by atoms with van der Waals surface area (Å²) in [7, 11) is 1.51. The molecular weight excluding hydrogens is 388 g/mol. The fraction of sp³-hybridized carbons (Fsp3) is 0.435. The number of ether oxygens (including phenoxy) is 6. The molecule has 3 aliphatic heterocycles. The highest BCUT2D eigenvalue weighted by Gasteiger charge is 2.64. The van der Waals surface area contributed by atoms with Crippen LogP contribution in [0.5, 0.6) is 0 Å². The second kappa shape index (κ2) is 8.09. The molecule has 30 heavy (non-hydrogen) atoms. The highest BCUT2D eigenvalue weighted by Crippen LogP contribution is 2.45. The van der Waals surface area contributed by atoms with Crippen LogP contribution in [0.2, 0.25) is 0 Å². The van der Waals surface area contributed by atoms with Crippen molar-refractivity contribution in [2.24, 2.45) is 0 Å². The van der Waals surface area contributed by atoms with Gasteiger partial charge in [-0.05, 0) is 5.56 Å². The van der Waals surface area contributed by atoms with Gasteiger partial charge in [0.15, 0.2) is 12.4 Å². The Morgan fingerprint density at radius 3 is 2.53 bits per heavy atom. The maximum absolute atomic E-state index is 12.2. The smallest absolute Gasteiger partial charge is 0.312 e. The van der Waals surface area contributed by atoms with Gasteiger partial charge in [-0.15, -0.1) is 0 Å². The summed E-state index contributed by atoms with van der Waals surface area (Å²) in [5.41, 5.74) is 1.92. The number of benzene rings is 2. The predicted molar refractivity (Wildman–Crippen MR) is 104 cm³/mol. The lowest BCUT2D eigenvalue weighted by Gasteiger charge is -2.50. The number of fused-ring (bicyclic) bond motifs is 2. The van der Waals surface area contributed by atoms with Crippen LogP contribution in [0.4, 0.5) is 0 Å². The molecule has 7 heteroatoms. The van der Waals surface area contributed by atoms with Crippen molar-refractivity contribution < 1.29 is 33.2 Å². The van der Waals surface area contributed by atoms with E-state index in [4.69, 9.17) is 28.4 Å². The van der Waals surface area contributed by atoms with Crippen molar-refractivity contribution in [1.82, 2.24) is 0 Å². The van der Waals surface area contributed by atoms with Crippen LogP contribution in [0.15, 0.2) is 60.7 Å². The molecule has 0 unspecified atom stereocenters. The van der Waals surface area contributed by atoms with E-state index in [0.29, 0.717) is 13.2 Å². The monoisotopic (exact) mass is 412 g/mol. The van der Waals surface area contributed by atoms with Crippen LogP contribution < -0.4 is 0 Å². The lowest BCUT2D eigenvalue weighted by molar-refractivity contribution is -0.389. The molecule has 3 aliphatic rings.